The van der Waals surface area contributed by atoms with Crippen molar-refractivity contribution in [1.82, 2.24) is 25.1 Å². The lowest BCUT2D eigenvalue weighted by Gasteiger charge is -2.25. The summed E-state index contributed by atoms with van der Waals surface area (Å²) in [5.74, 6) is -3.18. The molecule has 0 spiro atoms. The molecule has 57 heavy (non-hydrogen) atoms. The minimum Gasteiger partial charge on any atom is -0.506 e. The standard InChI is InChI=1S/C39H53N6O11P/c1-3-4-23(2)21-24-5-6-26(46)25(22-24)43-31(47)11-17-53-19-20-54-18-14-42-57(52,40-12-15-44-36(48)32-27-7-8-28(55-27)33(32)37(44)49)41-13-16-45-38(50)34-29-9-10-30(56-29)35(34)39(45)51/h5-10,22-23,27-30,32-35,46H,3-4,11-21H2,1-2H3,(H,43,47)(H3,40,41,42,52)/t23-,27?,28?,29?,30?,32?,33?,34?,35?,57?/m1/s1. The molecular weight excluding hydrogens is 759 g/mol. The van der Waals surface area contributed by atoms with Crippen molar-refractivity contribution in [1.29, 1.82) is 0 Å². The van der Waals surface area contributed by atoms with E-state index < -0.39 is 55.7 Å². The molecule has 0 saturated carbocycles. The molecule has 1 aromatic rings. The number of ether oxygens (including phenoxy) is 4. The van der Waals surface area contributed by atoms with Crippen molar-refractivity contribution in [3.05, 3.63) is 48.1 Å². The lowest BCUT2D eigenvalue weighted by molar-refractivity contribution is -0.143. The maximum Gasteiger partial charge on any atom is 0.279 e. The fourth-order valence-corrected chi connectivity index (χ4v) is 10.3. The van der Waals surface area contributed by atoms with Crippen LogP contribution >= 0.6 is 7.59 Å². The van der Waals surface area contributed by atoms with Gasteiger partial charge in [-0.25, -0.2) is 15.3 Å². The molecule has 9 atom stereocenters. The number of nitrogens with zero attached hydrogens (tertiary/aromatic N) is 2. The van der Waals surface area contributed by atoms with Gasteiger partial charge in [0.1, 0.15) is 5.75 Å². The summed E-state index contributed by atoms with van der Waals surface area (Å²) >= 11 is 0. The lowest BCUT2D eigenvalue weighted by atomic mass is 9.85. The third-order valence-corrected chi connectivity index (χ3v) is 13.5. The second-order valence-corrected chi connectivity index (χ2v) is 17.6. The number of imide groups is 2. The van der Waals surface area contributed by atoms with Crippen LogP contribution < -0.4 is 20.6 Å². The zero-order chi connectivity index (χ0) is 40.3. The molecule has 4 fully saturated rings. The fourth-order valence-electron chi connectivity index (χ4n) is 8.76. The van der Waals surface area contributed by atoms with Crippen LogP contribution in [0, 0.1) is 29.6 Å². The normalized spacial score (nSPS) is 29.5. The number of fused-ring (bicyclic) bond motifs is 10. The van der Waals surface area contributed by atoms with Gasteiger partial charge in [-0.2, -0.15) is 0 Å². The smallest absolute Gasteiger partial charge is 0.279 e. The third-order valence-electron chi connectivity index (χ3n) is 11.5. The van der Waals surface area contributed by atoms with E-state index >= 15 is 0 Å². The van der Waals surface area contributed by atoms with Crippen LogP contribution in [0.2, 0.25) is 0 Å². The molecule has 6 aliphatic rings. The van der Waals surface area contributed by atoms with Crippen molar-refractivity contribution >= 4 is 42.8 Å². The Hall–Kier alpha value is -3.80. The number of aromatic hydroxyl groups is 1. The highest BCUT2D eigenvalue weighted by Gasteiger charge is 2.61. The number of hydrogen-bond donors (Lipinski definition) is 5. The molecule has 0 aliphatic carbocycles. The highest BCUT2D eigenvalue weighted by molar-refractivity contribution is 7.57. The number of benzene rings is 1. The quantitative estimate of drug-likeness (QED) is 0.0349. The molecular formula is C39H53N6O11P. The van der Waals surface area contributed by atoms with Crippen molar-refractivity contribution in [3.63, 3.8) is 0 Å². The molecule has 8 unspecified atom stereocenters. The van der Waals surface area contributed by atoms with Gasteiger partial charge in [0.05, 0.1) is 86.6 Å². The maximum absolute atomic E-state index is 14.1. The van der Waals surface area contributed by atoms with Gasteiger partial charge >= 0.3 is 0 Å². The van der Waals surface area contributed by atoms with Crippen LogP contribution in [0.3, 0.4) is 0 Å². The first-order valence-corrected chi connectivity index (χ1v) is 21.7. The second kappa shape index (κ2) is 18.0. The molecule has 4 saturated heterocycles. The van der Waals surface area contributed by atoms with Gasteiger partial charge in [-0.1, -0.05) is 57.1 Å². The Morgan fingerprint density at radius 2 is 1.26 bits per heavy atom. The number of amides is 5. The van der Waals surface area contributed by atoms with Gasteiger partial charge in [0, 0.05) is 32.7 Å². The van der Waals surface area contributed by atoms with Crippen molar-refractivity contribution in [3.8, 4) is 5.75 Å². The van der Waals surface area contributed by atoms with E-state index in [1.54, 1.807) is 12.1 Å². The Kier molecular flexibility index (Phi) is 13.1. The molecule has 1 aromatic carbocycles. The van der Waals surface area contributed by atoms with Gasteiger partial charge in [0.2, 0.25) is 29.5 Å². The first-order valence-electron chi connectivity index (χ1n) is 20.0. The van der Waals surface area contributed by atoms with Crippen molar-refractivity contribution < 1.29 is 52.6 Å². The van der Waals surface area contributed by atoms with Crippen molar-refractivity contribution in [2.24, 2.45) is 29.6 Å². The number of phenols is 1. The topological polar surface area (TPSA) is 214 Å². The SMILES string of the molecule is CCC[C@@H](C)Cc1ccc(O)c(NC(=O)CCOCCOCCNP(=O)(NCCN2C(=O)C3C4C=CC(O4)C3C2=O)NCCN2C(=O)C3C4C=CC(O4)C3C2=O)c1. The number of carbonyl (C=O) groups is 5. The number of carbonyl (C=O) groups excluding carboxylic acids is 5. The predicted molar refractivity (Wildman–Crippen MR) is 205 cm³/mol. The van der Waals surface area contributed by atoms with Gasteiger partial charge in [-0.3, -0.25) is 38.3 Å². The summed E-state index contributed by atoms with van der Waals surface area (Å²) in [6.07, 6.45) is 8.77. The number of likely N-dealkylation sites (tertiary alicyclic amines) is 2. The Morgan fingerprint density at radius 1 is 0.772 bits per heavy atom. The first-order chi connectivity index (χ1) is 27.5. The minimum atomic E-state index is -3.60. The van der Waals surface area contributed by atoms with Gasteiger partial charge in [-0.15, -0.1) is 0 Å². The number of phenolic OH excluding ortho intramolecular Hbond substituents is 1. The Bertz CT molecular complexity index is 1690. The number of rotatable bonds is 23. The summed E-state index contributed by atoms with van der Waals surface area (Å²) in [5.41, 5.74) is 1.42. The Morgan fingerprint density at radius 3 is 1.77 bits per heavy atom. The molecule has 5 amide bonds. The van der Waals surface area contributed by atoms with Gasteiger partial charge in [0.25, 0.3) is 7.59 Å². The molecule has 17 nitrogen and oxygen atoms in total. The molecule has 6 heterocycles. The van der Waals surface area contributed by atoms with Crippen LogP contribution in [0.1, 0.15) is 38.7 Å². The molecule has 7 rings (SSSR count). The Balaban J connectivity index is 0.829. The summed E-state index contributed by atoms with van der Waals surface area (Å²) in [5, 5.41) is 21.8. The van der Waals surface area contributed by atoms with Crippen LogP contribution in [-0.4, -0.2) is 128 Å². The molecule has 0 radical (unpaired) electrons. The average Bonchev–Trinajstić information content (AvgIpc) is 4.05. The van der Waals surface area contributed by atoms with E-state index in [9.17, 15) is 33.6 Å². The van der Waals surface area contributed by atoms with Crippen molar-refractivity contribution in [2.75, 3.05) is 64.5 Å². The van der Waals surface area contributed by atoms with Crippen LogP contribution in [0.4, 0.5) is 5.69 Å². The monoisotopic (exact) mass is 812 g/mol. The predicted octanol–water partition coefficient (Wildman–Crippen LogP) is 1.49. The molecule has 18 heteroatoms. The summed E-state index contributed by atoms with van der Waals surface area (Å²) < 4.78 is 36.7. The van der Waals surface area contributed by atoms with E-state index in [0.717, 1.165) is 24.8 Å². The molecule has 6 aliphatic heterocycles. The Labute approximate surface area is 331 Å². The molecule has 4 bridgehead atoms. The summed E-state index contributed by atoms with van der Waals surface area (Å²) in [6, 6.07) is 5.27. The van der Waals surface area contributed by atoms with E-state index in [-0.39, 0.29) is 101 Å². The van der Waals surface area contributed by atoms with E-state index in [1.807, 2.05) is 30.4 Å². The number of nitrogens with one attached hydrogen (secondary N) is 4. The first kappa shape index (κ1) is 41.4. The second-order valence-electron chi connectivity index (χ2n) is 15.5. The molecule has 0 aromatic heterocycles. The van der Waals surface area contributed by atoms with Gasteiger partial charge in [0.15, 0.2) is 0 Å². The lowest BCUT2D eigenvalue weighted by Crippen LogP contribution is -2.43. The molecule has 310 valence electrons. The summed E-state index contributed by atoms with van der Waals surface area (Å²) in [7, 11) is -3.60. The fraction of sp³-hybridized carbons (Fsp3) is 0.615. The maximum atomic E-state index is 14.1. The highest BCUT2D eigenvalue weighted by atomic mass is 31.2. The number of hydrogen-bond acceptors (Lipinski definition) is 11. The van der Waals surface area contributed by atoms with E-state index in [1.165, 1.54) is 9.80 Å². The van der Waals surface area contributed by atoms with Crippen LogP contribution in [-0.2, 0) is 53.9 Å². The largest absolute Gasteiger partial charge is 0.506 e. The van der Waals surface area contributed by atoms with Gasteiger partial charge < -0.3 is 29.4 Å². The third kappa shape index (κ3) is 8.96. The van der Waals surface area contributed by atoms with E-state index in [2.05, 4.69) is 34.4 Å². The van der Waals surface area contributed by atoms with Crippen LogP contribution in [0.25, 0.3) is 0 Å². The van der Waals surface area contributed by atoms with Gasteiger partial charge in [-0.05, 0) is 30.0 Å². The number of anilines is 1. The molecule has 5 N–H and O–H groups in total. The zero-order valence-electron chi connectivity index (χ0n) is 32.3. The highest BCUT2D eigenvalue weighted by Crippen LogP contribution is 2.46. The van der Waals surface area contributed by atoms with Crippen LogP contribution in [0.15, 0.2) is 42.5 Å². The van der Waals surface area contributed by atoms with Crippen molar-refractivity contribution in [2.45, 2.75) is 63.9 Å². The summed E-state index contributed by atoms with van der Waals surface area (Å²) in [6.45, 7) is 5.20. The zero-order valence-corrected chi connectivity index (χ0v) is 33.2. The van der Waals surface area contributed by atoms with E-state index in [4.69, 9.17) is 18.9 Å². The van der Waals surface area contributed by atoms with Crippen LogP contribution in [0.5, 0.6) is 5.75 Å². The van der Waals surface area contributed by atoms with E-state index in [0.29, 0.717) is 11.6 Å². The minimum absolute atomic E-state index is 0.00255. The average molecular weight is 813 g/mol. The summed E-state index contributed by atoms with van der Waals surface area (Å²) in [4.78, 5) is 67.3.